The van der Waals surface area contributed by atoms with E-state index in [1.807, 2.05) is 44.2 Å². The molecule has 1 saturated heterocycles. The van der Waals surface area contributed by atoms with Crippen LogP contribution in [0.25, 0.3) is 0 Å². The summed E-state index contributed by atoms with van der Waals surface area (Å²) in [6.07, 6.45) is -0.560. The van der Waals surface area contributed by atoms with Crippen LogP contribution in [0.1, 0.15) is 5.56 Å². The van der Waals surface area contributed by atoms with E-state index in [0.29, 0.717) is 25.4 Å². The molecule has 1 amide bonds. The Bertz CT molecular complexity index is 579. The Labute approximate surface area is 149 Å². The van der Waals surface area contributed by atoms with E-state index in [1.54, 1.807) is 12.0 Å². The second kappa shape index (κ2) is 9.03. The molecule has 7 nitrogen and oxygen atoms in total. The van der Waals surface area contributed by atoms with Gasteiger partial charge in [-0.25, -0.2) is 0 Å². The molecule has 7 heteroatoms. The minimum absolute atomic E-state index is 0.123. The summed E-state index contributed by atoms with van der Waals surface area (Å²) in [5.41, 5.74) is 0.953. The summed E-state index contributed by atoms with van der Waals surface area (Å²) in [7, 11) is 7.27. The third kappa shape index (κ3) is 5.88. The van der Waals surface area contributed by atoms with Crippen LogP contribution < -0.4 is 9.47 Å². The number of amides is 1. The molecule has 1 N–H and O–H groups in total. The number of carbonyl (C=O) groups excluding carboxylic acids is 1. The largest absolute Gasteiger partial charge is 0.497 e. The predicted octanol–water partition coefficient (Wildman–Crippen LogP) is 0.271. The Hall–Kier alpha value is -1.83. The second-order valence-corrected chi connectivity index (χ2v) is 6.73. The number of likely N-dealkylation sites (N-methyl/N-ethyl adjacent to an activating group) is 2. The summed E-state index contributed by atoms with van der Waals surface area (Å²) in [4.78, 5) is 17.7. The van der Waals surface area contributed by atoms with Crippen LogP contribution >= 0.6 is 0 Å². The Morgan fingerprint density at radius 3 is 2.72 bits per heavy atom. The van der Waals surface area contributed by atoms with Crippen molar-refractivity contribution in [1.29, 1.82) is 0 Å². The van der Waals surface area contributed by atoms with Gasteiger partial charge in [-0.2, -0.15) is 0 Å². The molecular weight excluding hydrogens is 322 g/mol. The standard InChI is InChI=1S/C18H29N3O4/c1-19(2)11-15(22)13-25-17-6-5-16(24-4)9-14(17)10-21-8-7-20(3)18(23)12-21/h5-6,9,15,22H,7-8,10-13H2,1-4H3/t15-/m0/s1. The van der Waals surface area contributed by atoms with Crippen LogP contribution in [-0.2, 0) is 11.3 Å². The fraction of sp³-hybridized carbons (Fsp3) is 0.611. The highest BCUT2D eigenvalue weighted by Gasteiger charge is 2.22. The number of rotatable bonds is 8. The zero-order valence-electron chi connectivity index (χ0n) is 15.6. The number of ether oxygens (including phenoxy) is 2. The van der Waals surface area contributed by atoms with Crippen LogP contribution in [0.15, 0.2) is 18.2 Å². The van der Waals surface area contributed by atoms with E-state index in [4.69, 9.17) is 9.47 Å². The van der Waals surface area contributed by atoms with Gasteiger partial charge in [-0.05, 0) is 32.3 Å². The fourth-order valence-corrected chi connectivity index (χ4v) is 2.79. The van der Waals surface area contributed by atoms with E-state index in [-0.39, 0.29) is 12.5 Å². The zero-order valence-corrected chi connectivity index (χ0v) is 15.6. The van der Waals surface area contributed by atoms with Crippen molar-refractivity contribution >= 4 is 5.91 Å². The molecule has 1 aliphatic rings. The molecular formula is C18H29N3O4. The summed E-state index contributed by atoms with van der Waals surface area (Å²) in [5.74, 6) is 1.58. The van der Waals surface area contributed by atoms with Crippen molar-refractivity contribution in [3.05, 3.63) is 23.8 Å². The molecule has 1 fully saturated rings. The molecule has 0 spiro atoms. The molecule has 1 atom stereocenters. The number of hydrogen-bond acceptors (Lipinski definition) is 6. The van der Waals surface area contributed by atoms with Gasteiger partial charge in [-0.1, -0.05) is 0 Å². The monoisotopic (exact) mass is 351 g/mol. The van der Waals surface area contributed by atoms with Crippen LogP contribution in [0.2, 0.25) is 0 Å². The first-order valence-corrected chi connectivity index (χ1v) is 8.48. The molecule has 0 aromatic heterocycles. The van der Waals surface area contributed by atoms with Gasteiger partial charge in [-0.15, -0.1) is 0 Å². The van der Waals surface area contributed by atoms with Gasteiger partial charge in [0.1, 0.15) is 24.2 Å². The maximum atomic E-state index is 11.9. The van der Waals surface area contributed by atoms with Crippen molar-refractivity contribution in [3.8, 4) is 11.5 Å². The van der Waals surface area contributed by atoms with Crippen molar-refractivity contribution in [1.82, 2.24) is 14.7 Å². The van der Waals surface area contributed by atoms with Crippen molar-refractivity contribution in [3.63, 3.8) is 0 Å². The molecule has 0 aliphatic carbocycles. The van der Waals surface area contributed by atoms with E-state index < -0.39 is 6.10 Å². The molecule has 25 heavy (non-hydrogen) atoms. The minimum Gasteiger partial charge on any atom is -0.497 e. The molecule has 1 heterocycles. The van der Waals surface area contributed by atoms with Gasteiger partial charge in [0.25, 0.3) is 0 Å². The Morgan fingerprint density at radius 2 is 2.08 bits per heavy atom. The van der Waals surface area contributed by atoms with Gasteiger partial charge >= 0.3 is 0 Å². The van der Waals surface area contributed by atoms with Gasteiger partial charge in [0.05, 0.1) is 13.7 Å². The first kappa shape index (κ1) is 19.5. The SMILES string of the molecule is COc1ccc(OC[C@@H](O)CN(C)C)c(CN2CCN(C)C(=O)C2)c1. The van der Waals surface area contributed by atoms with Gasteiger partial charge < -0.3 is 24.4 Å². The molecule has 0 unspecified atom stereocenters. The van der Waals surface area contributed by atoms with Crippen molar-refractivity contribution in [2.75, 3.05) is 61.0 Å². The average molecular weight is 351 g/mol. The third-order valence-electron chi connectivity index (χ3n) is 4.20. The van der Waals surface area contributed by atoms with Crippen molar-refractivity contribution < 1.29 is 19.4 Å². The topological polar surface area (TPSA) is 65.5 Å². The van der Waals surface area contributed by atoms with Crippen LogP contribution in [0.3, 0.4) is 0 Å². The lowest BCUT2D eigenvalue weighted by atomic mass is 10.1. The van der Waals surface area contributed by atoms with Crippen molar-refractivity contribution in [2.24, 2.45) is 0 Å². The first-order valence-electron chi connectivity index (χ1n) is 8.48. The number of carbonyl (C=O) groups is 1. The minimum atomic E-state index is -0.560. The van der Waals surface area contributed by atoms with Gasteiger partial charge in [-0.3, -0.25) is 9.69 Å². The highest BCUT2D eigenvalue weighted by Crippen LogP contribution is 2.26. The maximum Gasteiger partial charge on any atom is 0.236 e. The quantitative estimate of drug-likeness (QED) is 0.725. The van der Waals surface area contributed by atoms with Gasteiger partial charge in [0.2, 0.25) is 5.91 Å². The number of piperazine rings is 1. The van der Waals surface area contributed by atoms with E-state index in [1.165, 1.54) is 0 Å². The number of hydrogen-bond donors (Lipinski definition) is 1. The van der Waals surface area contributed by atoms with E-state index in [0.717, 1.165) is 24.4 Å². The Kier molecular flexibility index (Phi) is 7.04. The van der Waals surface area contributed by atoms with Crippen molar-refractivity contribution in [2.45, 2.75) is 12.6 Å². The Balaban J connectivity index is 2.05. The van der Waals surface area contributed by atoms with Crippen LogP contribution in [0.4, 0.5) is 0 Å². The van der Waals surface area contributed by atoms with E-state index in [2.05, 4.69) is 4.90 Å². The first-order chi connectivity index (χ1) is 11.9. The number of benzene rings is 1. The van der Waals surface area contributed by atoms with Gasteiger partial charge in [0.15, 0.2) is 0 Å². The highest BCUT2D eigenvalue weighted by molar-refractivity contribution is 5.78. The number of methoxy groups -OCH3 is 1. The molecule has 1 aliphatic heterocycles. The second-order valence-electron chi connectivity index (χ2n) is 6.73. The van der Waals surface area contributed by atoms with Crippen LogP contribution in [0.5, 0.6) is 11.5 Å². The van der Waals surface area contributed by atoms with Gasteiger partial charge in [0, 0.05) is 38.8 Å². The number of nitrogens with zero attached hydrogens (tertiary/aromatic N) is 3. The lowest BCUT2D eigenvalue weighted by Crippen LogP contribution is -2.48. The normalized spacial score (nSPS) is 17.0. The number of aliphatic hydroxyl groups excluding tert-OH is 1. The lowest BCUT2D eigenvalue weighted by molar-refractivity contribution is -0.134. The Morgan fingerprint density at radius 1 is 1.32 bits per heavy atom. The average Bonchev–Trinajstić information content (AvgIpc) is 2.56. The lowest BCUT2D eigenvalue weighted by Gasteiger charge is -2.32. The predicted molar refractivity (Wildman–Crippen MR) is 96.0 cm³/mol. The summed E-state index contributed by atoms with van der Waals surface area (Å²) in [6.45, 7) is 3.31. The van der Waals surface area contributed by atoms with Crippen LogP contribution in [-0.4, -0.2) is 92.9 Å². The highest BCUT2D eigenvalue weighted by atomic mass is 16.5. The summed E-state index contributed by atoms with van der Waals surface area (Å²) in [5, 5.41) is 10.0. The van der Waals surface area contributed by atoms with Crippen LogP contribution in [0, 0.1) is 0 Å². The summed E-state index contributed by atoms with van der Waals surface area (Å²) in [6, 6.07) is 5.62. The molecule has 1 aromatic carbocycles. The zero-order chi connectivity index (χ0) is 18.4. The smallest absolute Gasteiger partial charge is 0.236 e. The molecule has 140 valence electrons. The molecule has 1 aromatic rings. The molecule has 0 radical (unpaired) electrons. The molecule has 2 rings (SSSR count). The number of aliphatic hydroxyl groups is 1. The van der Waals surface area contributed by atoms with E-state index >= 15 is 0 Å². The third-order valence-corrected chi connectivity index (χ3v) is 4.20. The fourth-order valence-electron chi connectivity index (χ4n) is 2.79. The summed E-state index contributed by atoms with van der Waals surface area (Å²) < 4.78 is 11.1. The maximum absolute atomic E-state index is 11.9. The van der Waals surface area contributed by atoms with E-state index in [9.17, 15) is 9.90 Å². The molecule has 0 bridgehead atoms. The molecule has 0 saturated carbocycles. The summed E-state index contributed by atoms with van der Waals surface area (Å²) >= 11 is 0.